The molecule has 9 nitrogen and oxygen atoms in total. The van der Waals surface area contributed by atoms with Gasteiger partial charge in [0.25, 0.3) is 0 Å². The molecule has 1 aliphatic heterocycles. The SMILES string of the molecule is Cc1cccc(C2C3=CCC4C(=O)N(c5ccc(C(=O)O)c(O)c5)C(=O)C4C3CC3=C2C(=O)C=C(Br)C3=O)c1O. The van der Waals surface area contributed by atoms with Gasteiger partial charge < -0.3 is 15.3 Å². The summed E-state index contributed by atoms with van der Waals surface area (Å²) in [6.07, 6.45) is 3.33. The molecule has 2 amide bonds. The second-order valence-electron chi connectivity index (χ2n) is 10.4. The molecule has 0 spiro atoms. The third kappa shape index (κ3) is 3.62. The fourth-order valence-corrected chi connectivity index (χ4v) is 7.02. The summed E-state index contributed by atoms with van der Waals surface area (Å²) in [5.74, 6) is -6.70. The minimum Gasteiger partial charge on any atom is -0.507 e. The van der Waals surface area contributed by atoms with E-state index in [1.807, 2.05) is 6.08 Å². The number of carbonyl (C=O) groups is 5. The van der Waals surface area contributed by atoms with Gasteiger partial charge in [-0.25, -0.2) is 9.69 Å². The van der Waals surface area contributed by atoms with Crippen LogP contribution in [0.4, 0.5) is 5.69 Å². The van der Waals surface area contributed by atoms with Crippen molar-refractivity contribution in [1.82, 2.24) is 0 Å². The summed E-state index contributed by atoms with van der Waals surface area (Å²) in [6.45, 7) is 1.73. The number of nitrogens with zero attached hydrogens (tertiary/aromatic N) is 1. The van der Waals surface area contributed by atoms with Crippen LogP contribution in [0.15, 0.2) is 69.8 Å². The second-order valence-corrected chi connectivity index (χ2v) is 11.3. The third-order valence-electron chi connectivity index (χ3n) is 8.38. The number of phenols is 2. The predicted molar refractivity (Wildman–Crippen MR) is 145 cm³/mol. The lowest BCUT2D eigenvalue weighted by Gasteiger charge is -2.42. The molecule has 202 valence electrons. The predicted octanol–water partition coefficient (Wildman–Crippen LogP) is 4.07. The minimum absolute atomic E-state index is 0.0126. The van der Waals surface area contributed by atoms with Crippen LogP contribution in [0.2, 0.25) is 0 Å². The number of allylic oxidation sites excluding steroid dienone is 6. The number of carboxylic acids is 1. The van der Waals surface area contributed by atoms with E-state index in [9.17, 15) is 39.3 Å². The molecule has 4 unspecified atom stereocenters. The maximum absolute atomic E-state index is 13.9. The lowest BCUT2D eigenvalue weighted by molar-refractivity contribution is -0.123. The molecule has 0 bridgehead atoms. The zero-order chi connectivity index (χ0) is 28.6. The summed E-state index contributed by atoms with van der Waals surface area (Å²) in [5, 5.41) is 30.5. The number of benzene rings is 2. The van der Waals surface area contributed by atoms with Crippen LogP contribution in [0.3, 0.4) is 0 Å². The molecule has 0 radical (unpaired) electrons. The summed E-state index contributed by atoms with van der Waals surface area (Å²) in [6, 6.07) is 8.67. The van der Waals surface area contributed by atoms with Gasteiger partial charge in [0.2, 0.25) is 11.8 Å². The van der Waals surface area contributed by atoms with Gasteiger partial charge in [0, 0.05) is 34.8 Å². The number of hydrogen-bond acceptors (Lipinski definition) is 7. The Bertz CT molecular complexity index is 1680. The van der Waals surface area contributed by atoms with E-state index in [-0.39, 0.29) is 57.0 Å². The number of carboxylic acid groups (broad SMARTS) is 1. The summed E-state index contributed by atoms with van der Waals surface area (Å²) >= 11 is 3.18. The van der Waals surface area contributed by atoms with Crippen LogP contribution in [0.5, 0.6) is 11.5 Å². The molecule has 4 atom stereocenters. The molecule has 10 heteroatoms. The Morgan fingerprint density at radius 3 is 2.48 bits per heavy atom. The van der Waals surface area contributed by atoms with Crippen LogP contribution in [-0.2, 0) is 19.2 Å². The highest BCUT2D eigenvalue weighted by Crippen LogP contribution is 2.56. The lowest BCUT2D eigenvalue weighted by Crippen LogP contribution is -2.39. The van der Waals surface area contributed by atoms with E-state index in [1.165, 1.54) is 12.1 Å². The van der Waals surface area contributed by atoms with Crippen LogP contribution in [-0.4, -0.2) is 44.7 Å². The molecule has 4 aliphatic rings. The molecular formula is C30H22BrNO8. The van der Waals surface area contributed by atoms with Crippen LogP contribution in [0.1, 0.15) is 40.2 Å². The van der Waals surface area contributed by atoms with Gasteiger partial charge in [-0.1, -0.05) is 29.8 Å². The van der Waals surface area contributed by atoms with Gasteiger partial charge in [0.1, 0.15) is 17.1 Å². The van der Waals surface area contributed by atoms with Crippen molar-refractivity contribution in [2.24, 2.45) is 17.8 Å². The molecule has 3 N–H and O–H groups in total. The van der Waals surface area contributed by atoms with Crippen molar-refractivity contribution in [3.8, 4) is 11.5 Å². The van der Waals surface area contributed by atoms with Crippen molar-refractivity contribution in [1.29, 1.82) is 0 Å². The van der Waals surface area contributed by atoms with E-state index >= 15 is 0 Å². The van der Waals surface area contributed by atoms with E-state index in [0.29, 0.717) is 16.7 Å². The van der Waals surface area contributed by atoms with Crippen molar-refractivity contribution < 1.29 is 39.3 Å². The normalized spacial score (nSPS) is 25.8. The Balaban J connectivity index is 1.48. The molecule has 1 heterocycles. The highest BCUT2D eigenvalue weighted by Gasteiger charge is 2.57. The Morgan fingerprint density at radius 1 is 1.02 bits per heavy atom. The van der Waals surface area contributed by atoms with E-state index < -0.39 is 47.2 Å². The number of hydrogen-bond donors (Lipinski definition) is 3. The first-order valence-electron chi connectivity index (χ1n) is 12.6. The number of aryl methyl sites for hydroxylation is 1. The Hall–Kier alpha value is -4.31. The number of carbonyl (C=O) groups excluding carboxylic acids is 4. The van der Waals surface area contributed by atoms with Gasteiger partial charge in [0.05, 0.1) is 22.0 Å². The highest BCUT2D eigenvalue weighted by atomic mass is 79.9. The zero-order valence-electron chi connectivity index (χ0n) is 21.1. The summed E-state index contributed by atoms with van der Waals surface area (Å²) in [5.41, 5.74) is 1.92. The van der Waals surface area contributed by atoms with Crippen LogP contribution in [0, 0.1) is 24.7 Å². The first-order valence-corrected chi connectivity index (χ1v) is 13.4. The van der Waals surface area contributed by atoms with Crippen molar-refractivity contribution in [2.75, 3.05) is 4.90 Å². The van der Waals surface area contributed by atoms with Gasteiger partial charge in [-0.05, 0) is 59.3 Å². The smallest absolute Gasteiger partial charge is 0.339 e. The molecule has 1 saturated heterocycles. The molecule has 2 aromatic rings. The number of para-hydroxylation sites is 1. The number of anilines is 1. The van der Waals surface area contributed by atoms with Crippen molar-refractivity contribution in [3.63, 3.8) is 0 Å². The monoisotopic (exact) mass is 603 g/mol. The largest absolute Gasteiger partial charge is 0.507 e. The molecule has 3 aliphatic carbocycles. The standard InChI is InChI=1S/C30H22BrNO8/c1-12-3-2-4-16(26(12)35)23-14-7-8-17-24(18(14)10-19-25(23)22(34)11-20(31)27(19)36)29(38)32(28(17)37)13-5-6-15(30(39)40)21(33)9-13/h2-7,9,11,17-18,23-24,33,35H,8,10H2,1H3,(H,39,40). The molecule has 1 fully saturated rings. The maximum atomic E-state index is 13.9. The fraction of sp³-hybridized carbons (Fsp3) is 0.233. The van der Waals surface area contributed by atoms with E-state index in [4.69, 9.17) is 0 Å². The topological polar surface area (TPSA) is 149 Å². The quantitative estimate of drug-likeness (QED) is 0.270. The number of amides is 2. The van der Waals surface area contributed by atoms with Gasteiger partial charge in [0.15, 0.2) is 11.6 Å². The van der Waals surface area contributed by atoms with Crippen molar-refractivity contribution in [3.05, 3.63) is 86.4 Å². The number of fused-ring (bicyclic) bond motifs is 3. The Morgan fingerprint density at radius 2 is 1.77 bits per heavy atom. The maximum Gasteiger partial charge on any atom is 0.339 e. The number of phenolic OH excluding ortho intramolecular Hbond substituents is 1. The van der Waals surface area contributed by atoms with Crippen LogP contribution >= 0.6 is 15.9 Å². The summed E-state index contributed by atoms with van der Waals surface area (Å²) < 4.78 is 0.104. The number of rotatable bonds is 3. The van der Waals surface area contributed by atoms with E-state index in [2.05, 4.69) is 15.9 Å². The van der Waals surface area contributed by atoms with Gasteiger partial charge >= 0.3 is 5.97 Å². The van der Waals surface area contributed by atoms with E-state index in [0.717, 1.165) is 17.0 Å². The van der Waals surface area contributed by atoms with Gasteiger partial charge in [-0.15, -0.1) is 0 Å². The molecule has 40 heavy (non-hydrogen) atoms. The molecule has 0 saturated carbocycles. The average molecular weight is 604 g/mol. The fourth-order valence-electron chi connectivity index (χ4n) is 6.57. The van der Waals surface area contributed by atoms with Crippen molar-refractivity contribution in [2.45, 2.75) is 25.7 Å². The number of Topliss-reactive ketones (excluding diaryl/α,β-unsaturated/α-hetero) is 1. The zero-order valence-corrected chi connectivity index (χ0v) is 22.6. The molecule has 2 aromatic carbocycles. The summed E-state index contributed by atoms with van der Waals surface area (Å²) in [4.78, 5) is 66.4. The number of aromatic carboxylic acids is 1. The van der Waals surface area contributed by atoms with Gasteiger partial charge in [-0.3, -0.25) is 19.2 Å². The number of imide groups is 1. The van der Waals surface area contributed by atoms with Crippen LogP contribution in [0.25, 0.3) is 0 Å². The van der Waals surface area contributed by atoms with Gasteiger partial charge in [-0.2, -0.15) is 0 Å². The number of aromatic hydroxyl groups is 2. The van der Waals surface area contributed by atoms with Crippen LogP contribution < -0.4 is 4.90 Å². The second kappa shape index (κ2) is 9.12. The third-order valence-corrected chi connectivity index (χ3v) is 8.97. The average Bonchev–Trinajstić information content (AvgIpc) is 3.17. The highest BCUT2D eigenvalue weighted by molar-refractivity contribution is 9.12. The van der Waals surface area contributed by atoms with Crippen molar-refractivity contribution >= 4 is 51.0 Å². The first-order chi connectivity index (χ1) is 19.0. The Labute approximate surface area is 236 Å². The molecular weight excluding hydrogens is 582 g/mol. The molecule has 6 rings (SSSR count). The minimum atomic E-state index is -1.35. The first kappa shape index (κ1) is 25.9. The molecule has 0 aromatic heterocycles. The Kier molecular flexibility index (Phi) is 5.92. The van der Waals surface area contributed by atoms with E-state index in [1.54, 1.807) is 25.1 Å². The number of ketones is 2. The number of halogens is 1. The lowest BCUT2D eigenvalue weighted by atomic mass is 9.59. The summed E-state index contributed by atoms with van der Waals surface area (Å²) in [7, 11) is 0.